The summed E-state index contributed by atoms with van der Waals surface area (Å²) in [6, 6.07) is 21.0. The summed E-state index contributed by atoms with van der Waals surface area (Å²) in [6.07, 6.45) is 24.5. The molecule has 0 bridgehead atoms. The Kier molecular flexibility index (Phi) is 25.4. The Morgan fingerprint density at radius 3 is 1.41 bits per heavy atom. The number of aryl methyl sites for hydroxylation is 2. The second-order valence-electron chi connectivity index (χ2n) is 14.8. The second-order valence-corrected chi connectivity index (χ2v) is 17.6. The Morgan fingerprint density at radius 2 is 0.932 bits per heavy atom. The molecule has 0 aliphatic rings. The average Bonchev–Trinajstić information content (AvgIpc) is 3.19. The molecule has 320 valence electrons. The van der Waals surface area contributed by atoms with Crippen LogP contribution in [0.1, 0.15) is 141 Å². The van der Waals surface area contributed by atoms with Crippen molar-refractivity contribution in [1.82, 2.24) is 0 Å². The normalized spacial score (nSPS) is 11.3. The monoisotopic (exact) mass is 878 g/mol. The standard InChI is InChI=1S/2C23H32O5S.Ca/c2*1-2-3-4-5-6-7-8-9-10-12-19-15-16-22(24)23(17-19)28-20-13-11-14-21(18-20)29(25,26)27;/h2*11,13-18,24H,2-10,12H2,1H3,(H,25,26,27);/q;;+2/p-2. The molecule has 4 rings (SSSR count). The van der Waals surface area contributed by atoms with Gasteiger partial charge in [-0.3, -0.25) is 4.55 Å². The zero-order chi connectivity index (χ0) is 42.2. The van der Waals surface area contributed by atoms with Crippen molar-refractivity contribution in [1.29, 1.82) is 0 Å². The van der Waals surface area contributed by atoms with Crippen molar-refractivity contribution in [2.45, 2.75) is 152 Å². The quantitative estimate of drug-likeness (QED) is 0.0351. The van der Waals surface area contributed by atoms with E-state index in [-0.39, 0.29) is 82.0 Å². The van der Waals surface area contributed by atoms with Gasteiger partial charge in [-0.1, -0.05) is 153 Å². The Bertz CT molecular complexity index is 1870. The predicted molar refractivity (Wildman–Crippen MR) is 232 cm³/mol. The molecule has 0 aliphatic carbocycles. The smallest absolute Gasteiger partial charge is 0.870 e. The maximum absolute atomic E-state index is 12.1. The largest absolute Gasteiger partial charge is 2.00 e. The third-order valence-corrected chi connectivity index (χ3v) is 11.5. The SMILES string of the molecule is CCCCCCCCCCCc1ccc(O)c(Oc2cccc(S(=O)(=O)O)c2)c1.CCCCCCCCCCCc1ccc([O-])c(Oc2cccc(S(=O)(=O)[O-])c2)c1.[Ca+2]. The molecule has 0 spiro atoms. The van der Waals surface area contributed by atoms with Crippen molar-refractivity contribution in [3.05, 3.63) is 96.1 Å². The number of rotatable bonds is 26. The second kappa shape index (κ2) is 28.6. The van der Waals surface area contributed by atoms with Crippen LogP contribution in [0.15, 0.2) is 94.7 Å². The summed E-state index contributed by atoms with van der Waals surface area (Å²) in [5.41, 5.74) is 2.07. The van der Waals surface area contributed by atoms with Crippen LogP contribution in [0, 0.1) is 0 Å². The number of hydrogen-bond acceptors (Lipinski definition) is 9. The molecule has 4 aromatic carbocycles. The number of phenolic OH excluding ortho intramolecular Hbond substituents is 1. The van der Waals surface area contributed by atoms with Crippen LogP contribution in [0.4, 0.5) is 0 Å². The first-order valence-electron chi connectivity index (χ1n) is 20.9. The molecule has 0 atom stereocenters. The van der Waals surface area contributed by atoms with Gasteiger partial charge in [0.05, 0.1) is 9.79 Å². The van der Waals surface area contributed by atoms with Gasteiger partial charge in [0, 0.05) is 6.07 Å². The predicted octanol–water partition coefficient (Wildman–Crippen LogP) is 11.7. The molecule has 0 radical (unpaired) electrons. The zero-order valence-corrected chi connectivity index (χ0v) is 38.8. The molecule has 10 nitrogen and oxygen atoms in total. The Labute approximate surface area is 383 Å². The molecule has 4 aromatic rings. The van der Waals surface area contributed by atoms with E-state index >= 15 is 0 Å². The number of hydrogen-bond donors (Lipinski definition) is 2. The van der Waals surface area contributed by atoms with E-state index < -0.39 is 20.2 Å². The third kappa shape index (κ3) is 21.5. The topological polar surface area (TPSA) is 173 Å². The van der Waals surface area contributed by atoms with Gasteiger partial charge in [-0.15, -0.1) is 0 Å². The molecule has 0 fully saturated rings. The van der Waals surface area contributed by atoms with Crippen molar-refractivity contribution in [2.75, 3.05) is 0 Å². The molecule has 0 aromatic heterocycles. The van der Waals surface area contributed by atoms with Crippen LogP contribution >= 0.6 is 0 Å². The fourth-order valence-corrected chi connectivity index (χ4v) is 7.53. The van der Waals surface area contributed by atoms with E-state index in [0.29, 0.717) is 0 Å². The molecule has 13 heteroatoms. The molecular weight excluding hydrogens is 817 g/mol. The summed E-state index contributed by atoms with van der Waals surface area (Å²) >= 11 is 0. The molecule has 59 heavy (non-hydrogen) atoms. The summed E-state index contributed by atoms with van der Waals surface area (Å²) < 4.78 is 76.3. The van der Waals surface area contributed by atoms with Gasteiger partial charge in [-0.05, 0) is 85.3 Å². The van der Waals surface area contributed by atoms with Gasteiger partial charge >= 0.3 is 37.7 Å². The van der Waals surface area contributed by atoms with E-state index in [4.69, 9.17) is 14.0 Å². The van der Waals surface area contributed by atoms with Gasteiger partial charge in [-0.25, -0.2) is 8.42 Å². The maximum Gasteiger partial charge on any atom is 2.00 e. The van der Waals surface area contributed by atoms with Gasteiger partial charge in [-0.2, -0.15) is 8.42 Å². The van der Waals surface area contributed by atoms with Crippen molar-refractivity contribution < 1.29 is 45.6 Å². The first kappa shape index (κ1) is 52.3. The van der Waals surface area contributed by atoms with E-state index in [2.05, 4.69) is 13.8 Å². The van der Waals surface area contributed by atoms with E-state index in [1.54, 1.807) is 30.3 Å². The van der Waals surface area contributed by atoms with Crippen molar-refractivity contribution in [3.63, 3.8) is 0 Å². The first-order valence-corrected chi connectivity index (χ1v) is 23.8. The van der Waals surface area contributed by atoms with Crippen LogP contribution < -0.4 is 14.6 Å². The number of benzene rings is 4. The van der Waals surface area contributed by atoms with E-state index in [1.165, 1.54) is 139 Å². The summed E-state index contributed by atoms with van der Waals surface area (Å²) in [6.45, 7) is 4.46. The average molecular weight is 879 g/mol. The Morgan fingerprint density at radius 1 is 0.525 bits per heavy atom. The molecule has 0 amide bonds. The number of ether oxygens (including phenoxy) is 2. The number of phenols is 1. The Hall–Kier alpha value is -2.84. The van der Waals surface area contributed by atoms with Gasteiger partial charge in [0.25, 0.3) is 10.1 Å². The fourth-order valence-electron chi connectivity index (χ4n) is 6.51. The van der Waals surface area contributed by atoms with E-state index in [1.807, 2.05) is 6.07 Å². The first-order chi connectivity index (χ1) is 27.8. The van der Waals surface area contributed by atoms with E-state index in [9.17, 15) is 31.6 Å². The minimum Gasteiger partial charge on any atom is -0.870 e. The molecule has 0 aliphatic heterocycles. The van der Waals surface area contributed by atoms with Crippen LogP contribution in [0.2, 0.25) is 0 Å². The van der Waals surface area contributed by atoms with Crippen LogP contribution in [0.25, 0.3) is 0 Å². The summed E-state index contributed by atoms with van der Waals surface area (Å²) in [4.78, 5) is -0.631. The molecule has 0 saturated carbocycles. The van der Waals surface area contributed by atoms with Crippen molar-refractivity contribution >= 4 is 58.0 Å². The molecule has 0 heterocycles. The fraction of sp³-hybridized carbons (Fsp3) is 0.478. The van der Waals surface area contributed by atoms with Crippen molar-refractivity contribution in [2.24, 2.45) is 0 Å². The van der Waals surface area contributed by atoms with Crippen LogP contribution in [0.5, 0.6) is 34.5 Å². The molecule has 0 unspecified atom stereocenters. The number of aromatic hydroxyl groups is 1. The maximum atomic E-state index is 12.1. The summed E-state index contributed by atoms with van der Waals surface area (Å²) in [5, 5.41) is 22.1. The number of unbranched alkanes of at least 4 members (excludes halogenated alkanes) is 16. The van der Waals surface area contributed by atoms with Crippen LogP contribution in [0.3, 0.4) is 0 Å². The minimum absolute atomic E-state index is 0. The van der Waals surface area contributed by atoms with Gasteiger partial charge in [0.15, 0.2) is 11.5 Å². The molecule has 2 N–H and O–H groups in total. The van der Waals surface area contributed by atoms with Crippen molar-refractivity contribution in [3.8, 4) is 34.5 Å². The summed E-state index contributed by atoms with van der Waals surface area (Å²) in [7, 11) is -8.88. The van der Waals surface area contributed by atoms with Gasteiger partial charge in [0.2, 0.25) is 0 Å². The molecule has 0 saturated heterocycles. The van der Waals surface area contributed by atoms with Gasteiger partial charge in [0.1, 0.15) is 27.4 Å². The van der Waals surface area contributed by atoms with Crippen LogP contribution in [-0.2, 0) is 33.1 Å². The minimum atomic E-state index is -4.57. The zero-order valence-electron chi connectivity index (χ0n) is 34.9. The van der Waals surface area contributed by atoms with E-state index in [0.717, 1.165) is 49.3 Å². The third-order valence-electron chi connectivity index (χ3n) is 9.82. The summed E-state index contributed by atoms with van der Waals surface area (Å²) in [5.74, 6) is 0.494. The van der Waals surface area contributed by atoms with Crippen LogP contribution in [-0.4, -0.2) is 68.8 Å². The van der Waals surface area contributed by atoms with Gasteiger partial charge < -0.3 is 24.2 Å². The molecular formula is C46H62CaO10S2. The Balaban J connectivity index is 0.000000400.